The molecule has 0 bridgehead atoms. The number of fused-ring (bicyclic) bond motifs is 1. The Kier molecular flexibility index (Phi) is 5.39. The van der Waals surface area contributed by atoms with E-state index < -0.39 is 17.6 Å². The van der Waals surface area contributed by atoms with Crippen molar-refractivity contribution >= 4 is 39.8 Å². The van der Waals surface area contributed by atoms with Crippen LogP contribution < -0.4 is 11.1 Å². The van der Waals surface area contributed by atoms with Gasteiger partial charge < -0.3 is 11.1 Å². The molecule has 3 rings (SSSR count). The number of hydrogen-bond acceptors (Lipinski definition) is 3. The Morgan fingerprint density at radius 2 is 2.00 bits per heavy atom. The van der Waals surface area contributed by atoms with Gasteiger partial charge in [-0.1, -0.05) is 24.1 Å². The number of nitrogens with one attached hydrogen (secondary N) is 1. The van der Waals surface area contributed by atoms with Gasteiger partial charge in [0.1, 0.15) is 10.8 Å². The highest BCUT2D eigenvalue weighted by molar-refractivity contribution is 7.17. The number of primary amides is 1. The summed E-state index contributed by atoms with van der Waals surface area (Å²) in [5.74, 6) is -1.50. The standard InChI is InChI=1S/C18H18ClFN2O2S/c19-12-6-4-7-13(20)11(12)9-15(23)22-18-16(17(21)24)10-5-2-1-3-8-14(10)25-18/h4,6-7H,1-3,5,8-9H2,(H2,21,24)(H,22,23). The fraction of sp³-hybridized carbons (Fsp3) is 0.333. The minimum atomic E-state index is -0.543. The number of aryl methyl sites for hydroxylation is 1. The van der Waals surface area contributed by atoms with Crippen LogP contribution in [0.1, 0.15) is 45.6 Å². The Morgan fingerprint density at radius 1 is 1.24 bits per heavy atom. The van der Waals surface area contributed by atoms with Crippen molar-refractivity contribution in [2.45, 2.75) is 38.5 Å². The van der Waals surface area contributed by atoms with Crippen LogP contribution in [-0.2, 0) is 24.1 Å². The number of anilines is 1. The van der Waals surface area contributed by atoms with E-state index in [0.717, 1.165) is 42.5 Å². The van der Waals surface area contributed by atoms with Gasteiger partial charge in [0.25, 0.3) is 5.91 Å². The molecule has 1 heterocycles. The predicted molar refractivity (Wildman–Crippen MR) is 97.8 cm³/mol. The average Bonchev–Trinajstić information content (AvgIpc) is 2.72. The second kappa shape index (κ2) is 7.54. The van der Waals surface area contributed by atoms with E-state index in [1.807, 2.05) is 0 Å². The Labute approximate surface area is 154 Å². The van der Waals surface area contributed by atoms with E-state index in [1.165, 1.54) is 29.5 Å². The van der Waals surface area contributed by atoms with Crippen LogP contribution in [-0.4, -0.2) is 11.8 Å². The summed E-state index contributed by atoms with van der Waals surface area (Å²) >= 11 is 7.36. The second-order valence-electron chi connectivity index (χ2n) is 6.06. The van der Waals surface area contributed by atoms with E-state index in [4.69, 9.17) is 17.3 Å². The van der Waals surface area contributed by atoms with Crippen molar-refractivity contribution in [3.63, 3.8) is 0 Å². The number of benzene rings is 1. The Bertz CT molecular complexity index is 814. The number of rotatable bonds is 4. The minimum absolute atomic E-state index is 0.139. The first-order valence-corrected chi connectivity index (χ1v) is 9.34. The van der Waals surface area contributed by atoms with E-state index in [1.54, 1.807) is 0 Å². The van der Waals surface area contributed by atoms with E-state index >= 15 is 0 Å². The lowest BCUT2D eigenvalue weighted by Gasteiger charge is -2.08. The second-order valence-corrected chi connectivity index (χ2v) is 7.57. The first kappa shape index (κ1) is 17.9. The largest absolute Gasteiger partial charge is 0.365 e. The molecule has 1 aliphatic carbocycles. The van der Waals surface area contributed by atoms with Gasteiger partial charge in [-0.3, -0.25) is 9.59 Å². The van der Waals surface area contributed by atoms with Crippen LogP contribution in [0, 0.1) is 5.82 Å². The summed E-state index contributed by atoms with van der Waals surface area (Å²) in [4.78, 5) is 25.4. The van der Waals surface area contributed by atoms with Crippen molar-refractivity contribution in [1.29, 1.82) is 0 Å². The number of halogens is 2. The Hall–Kier alpha value is -1.92. The molecule has 0 atom stereocenters. The molecule has 0 aliphatic heterocycles. The Balaban J connectivity index is 1.85. The molecule has 1 aliphatic rings. The highest BCUT2D eigenvalue weighted by Gasteiger charge is 2.24. The third kappa shape index (κ3) is 3.85. The maximum Gasteiger partial charge on any atom is 0.251 e. The molecule has 0 spiro atoms. The van der Waals surface area contributed by atoms with Crippen LogP contribution in [0.15, 0.2) is 18.2 Å². The first-order valence-electron chi connectivity index (χ1n) is 8.14. The molecule has 1 aromatic heterocycles. The summed E-state index contributed by atoms with van der Waals surface area (Å²) in [7, 11) is 0. The van der Waals surface area contributed by atoms with E-state index in [-0.39, 0.29) is 17.0 Å². The summed E-state index contributed by atoms with van der Waals surface area (Å²) in [5.41, 5.74) is 7.04. The number of carbonyl (C=O) groups is 2. The third-order valence-electron chi connectivity index (χ3n) is 4.32. The molecule has 2 amide bonds. The van der Waals surface area contributed by atoms with Crippen molar-refractivity contribution in [2.75, 3.05) is 5.32 Å². The quantitative estimate of drug-likeness (QED) is 0.784. The van der Waals surface area contributed by atoms with Crippen molar-refractivity contribution in [3.05, 3.63) is 50.6 Å². The molecule has 1 aromatic carbocycles. The number of carbonyl (C=O) groups excluding carboxylic acids is 2. The highest BCUT2D eigenvalue weighted by atomic mass is 35.5. The van der Waals surface area contributed by atoms with Crippen molar-refractivity contribution < 1.29 is 14.0 Å². The monoisotopic (exact) mass is 380 g/mol. The van der Waals surface area contributed by atoms with Crippen LogP contribution in [0.3, 0.4) is 0 Å². The first-order chi connectivity index (χ1) is 12.0. The maximum atomic E-state index is 13.9. The molecule has 0 saturated carbocycles. The summed E-state index contributed by atoms with van der Waals surface area (Å²) in [6, 6.07) is 4.28. The maximum absolute atomic E-state index is 13.9. The lowest BCUT2D eigenvalue weighted by molar-refractivity contribution is -0.115. The highest BCUT2D eigenvalue weighted by Crippen LogP contribution is 2.37. The summed E-state index contributed by atoms with van der Waals surface area (Å²) in [6.07, 6.45) is 4.65. The van der Waals surface area contributed by atoms with Gasteiger partial charge in [-0.25, -0.2) is 4.39 Å². The van der Waals surface area contributed by atoms with Gasteiger partial charge in [0.15, 0.2) is 0 Å². The van der Waals surface area contributed by atoms with Gasteiger partial charge in [0.2, 0.25) is 5.91 Å². The number of amides is 2. The number of hydrogen-bond donors (Lipinski definition) is 2. The van der Waals surface area contributed by atoms with Crippen LogP contribution in [0.25, 0.3) is 0 Å². The number of nitrogens with two attached hydrogens (primary N) is 1. The molecule has 2 aromatic rings. The van der Waals surface area contributed by atoms with Crippen molar-refractivity contribution in [1.82, 2.24) is 0 Å². The molecule has 0 saturated heterocycles. The van der Waals surface area contributed by atoms with Crippen LogP contribution >= 0.6 is 22.9 Å². The molecular weight excluding hydrogens is 363 g/mol. The topological polar surface area (TPSA) is 72.2 Å². The van der Waals surface area contributed by atoms with Crippen molar-refractivity contribution in [2.24, 2.45) is 5.73 Å². The summed E-state index contributed by atoms with van der Waals surface area (Å²) in [5, 5.41) is 3.38. The lowest BCUT2D eigenvalue weighted by atomic mass is 10.1. The van der Waals surface area contributed by atoms with Gasteiger partial charge in [0, 0.05) is 15.5 Å². The van der Waals surface area contributed by atoms with Crippen molar-refractivity contribution in [3.8, 4) is 0 Å². The molecule has 132 valence electrons. The minimum Gasteiger partial charge on any atom is -0.365 e. The van der Waals surface area contributed by atoms with Gasteiger partial charge in [-0.15, -0.1) is 11.3 Å². The smallest absolute Gasteiger partial charge is 0.251 e. The van der Waals surface area contributed by atoms with Crippen LogP contribution in [0.4, 0.5) is 9.39 Å². The summed E-state index contributed by atoms with van der Waals surface area (Å²) < 4.78 is 13.9. The third-order valence-corrected chi connectivity index (χ3v) is 5.88. The van der Waals surface area contributed by atoms with Gasteiger partial charge in [-0.2, -0.15) is 0 Å². The fourth-order valence-corrected chi connectivity index (χ4v) is 4.66. The average molecular weight is 381 g/mol. The Morgan fingerprint density at radius 3 is 2.72 bits per heavy atom. The zero-order valence-electron chi connectivity index (χ0n) is 13.5. The summed E-state index contributed by atoms with van der Waals surface area (Å²) in [6.45, 7) is 0. The molecule has 4 nitrogen and oxygen atoms in total. The molecular formula is C18H18ClFN2O2S. The van der Waals surface area contributed by atoms with Gasteiger partial charge in [-0.05, 0) is 43.4 Å². The molecule has 0 radical (unpaired) electrons. The zero-order valence-corrected chi connectivity index (χ0v) is 15.1. The van der Waals surface area contributed by atoms with Crippen LogP contribution in [0.2, 0.25) is 5.02 Å². The van der Waals surface area contributed by atoms with E-state index in [2.05, 4.69) is 5.32 Å². The molecule has 0 unspecified atom stereocenters. The normalized spacial score (nSPS) is 13.8. The predicted octanol–water partition coefficient (Wildman–Crippen LogP) is 4.09. The fourth-order valence-electron chi connectivity index (χ4n) is 3.12. The zero-order chi connectivity index (χ0) is 18.0. The van der Waals surface area contributed by atoms with E-state index in [0.29, 0.717) is 10.6 Å². The van der Waals surface area contributed by atoms with Gasteiger partial charge >= 0.3 is 0 Å². The SMILES string of the molecule is NC(=O)c1c(NC(=O)Cc2c(F)cccc2Cl)sc2c1CCCCC2. The lowest BCUT2D eigenvalue weighted by Crippen LogP contribution is -2.19. The number of thiophene rings is 1. The van der Waals surface area contributed by atoms with Crippen LogP contribution in [0.5, 0.6) is 0 Å². The molecule has 3 N–H and O–H groups in total. The molecule has 25 heavy (non-hydrogen) atoms. The van der Waals surface area contributed by atoms with Gasteiger partial charge in [0.05, 0.1) is 12.0 Å². The van der Waals surface area contributed by atoms with E-state index in [9.17, 15) is 14.0 Å². The molecule has 7 heteroatoms. The molecule has 0 fully saturated rings.